The first-order valence-electron chi connectivity index (χ1n) is 7.66. The van der Waals surface area contributed by atoms with E-state index in [1.807, 2.05) is 19.9 Å². The topological polar surface area (TPSA) is 68.3 Å². The third kappa shape index (κ3) is 4.04. The second kappa shape index (κ2) is 7.04. The fourth-order valence-corrected chi connectivity index (χ4v) is 2.38. The Kier molecular flexibility index (Phi) is 5.36. The summed E-state index contributed by atoms with van der Waals surface area (Å²) in [5, 5.41) is 6.75. The van der Waals surface area contributed by atoms with Crippen molar-refractivity contribution < 1.29 is 9.47 Å². The van der Waals surface area contributed by atoms with Crippen molar-refractivity contribution in [2.75, 3.05) is 30.4 Å². The van der Waals surface area contributed by atoms with Crippen LogP contribution in [0.3, 0.4) is 0 Å². The van der Waals surface area contributed by atoms with E-state index in [2.05, 4.69) is 34.4 Å². The van der Waals surface area contributed by atoms with Gasteiger partial charge in [-0.15, -0.1) is 0 Å². The van der Waals surface area contributed by atoms with Crippen LogP contribution in [0.1, 0.15) is 39.9 Å². The third-order valence-electron chi connectivity index (χ3n) is 3.87. The molecule has 1 aliphatic rings. The van der Waals surface area contributed by atoms with Crippen molar-refractivity contribution in [3.05, 3.63) is 11.9 Å². The van der Waals surface area contributed by atoms with Crippen LogP contribution < -0.4 is 10.6 Å². The van der Waals surface area contributed by atoms with E-state index in [-0.39, 0.29) is 11.6 Å². The molecule has 0 aromatic carbocycles. The van der Waals surface area contributed by atoms with Gasteiger partial charge in [-0.05, 0) is 34.1 Å². The first-order valence-corrected chi connectivity index (χ1v) is 7.66. The van der Waals surface area contributed by atoms with E-state index in [0.29, 0.717) is 19.0 Å². The summed E-state index contributed by atoms with van der Waals surface area (Å²) in [7, 11) is 0. The van der Waals surface area contributed by atoms with Gasteiger partial charge >= 0.3 is 0 Å². The minimum atomic E-state index is -0.0965. The molecule has 0 saturated carbocycles. The summed E-state index contributed by atoms with van der Waals surface area (Å²) in [4.78, 5) is 9.01. The average molecular weight is 294 g/mol. The van der Waals surface area contributed by atoms with Crippen LogP contribution in [0.25, 0.3) is 0 Å². The van der Waals surface area contributed by atoms with E-state index in [1.54, 1.807) is 0 Å². The molecule has 0 bridgehead atoms. The highest BCUT2D eigenvalue weighted by Crippen LogP contribution is 2.29. The zero-order chi connectivity index (χ0) is 15.3. The van der Waals surface area contributed by atoms with Crippen LogP contribution in [0.4, 0.5) is 11.6 Å². The van der Waals surface area contributed by atoms with Crippen molar-refractivity contribution in [1.29, 1.82) is 0 Å². The molecule has 1 aromatic rings. The lowest BCUT2D eigenvalue weighted by atomic mass is 9.95. The summed E-state index contributed by atoms with van der Waals surface area (Å²) < 4.78 is 11.1. The minimum Gasteiger partial charge on any atom is -0.376 e. The van der Waals surface area contributed by atoms with Gasteiger partial charge in [-0.25, -0.2) is 9.97 Å². The van der Waals surface area contributed by atoms with Crippen molar-refractivity contribution in [3.8, 4) is 0 Å². The van der Waals surface area contributed by atoms with E-state index in [4.69, 9.17) is 9.47 Å². The van der Waals surface area contributed by atoms with Gasteiger partial charge in [0, 0.05) is 25.8 Å². The highest BCUT2D eigenvalue weighted by Gasteiger charge is 2.37. The van der Waals surface area contributed by atoms with Gasteiger partial charge in [0.1, 0.15) is 18.2 Å². The summed E-state index contributed by atoms with van der Waals surface area (Å²) in [6.07, 6.45) is 1.13. The van der Waals surface area contributed by atoms with Crippen LogP contribution in [-0.4, -0.2) is 41.4 Å². The van der Waals surface area contributed by atoms with Crippen LogP contribution in [0, 0.1) is 0 Å². The van der Waals surface area contributed by atoms with Gasteiger partial charge in [0.05, 0.1) is 11.6 Å². The predicted octanol–water partition coefficient (Wildman–Crippen LogP) is 2.42. The van der Waals surface area contributed by atoms with Crippen LogP contribution in [0.15, 0.2) is 6.07 Å². The van der Waals surface area contributed by atoms with Gasteiger partial charge < -0.3 is 20.1 Å². The number of anilines is 2. The van der Waals surface area contributed by atoms with Crippen molar-refractivity contribution in [2.45, 2.75) is 52.4 Å². The van der Waals surface area contributed by atoms with Crippen LogP contribution >= 0.6 is 0 Å². The molecule has 1 fully saturated rings. The highest BCUT2D eigenvalue weighted by molar-refractivity contribution is 5.49. The average Bonchev–Trinajstić information content (AvgIpc) is 2.76. The lowest BCUT2D eigenvalue weighted by Crippen LogP contribution is -2.41. The fourth-order valence-electron chi connectivity index (χ4n) is 2.38. The van der Waals surface area contributed by atoms with Gasteiger partial charge in [0.2, 0.25) is 0 Å². The Balaban J connectivity index is 2.18. The smallest absolute Gasteiger partial charge is 0.158 e. The molecular formula is C15H26N4O2. The molecule has 21 heavy (non-hydrogen) atoms. The number of rotatable bonds is 7. The van der Waals surface area contributed by atoms with Gasteiger partial charge in [0.25, 0.3) is 0 Å². The van der Waals surface area contributed by atoms with E-state index >= 15 is 0 Å². The summed E-state index contributed by atoms with van der Waals surface area (Å²) in [5.74, 6) is 2.32. The number of nitrogens with one attached hydrogen (secondary N) is 2. The van der Waals surface area contributed by atoms with Crippen molar-refractivity contribution in [1.82, 2.24) is 9.97 Å². The normalized spacial score (nSPS) is 25.0. The molecule has 6 heteroatoms. The Morgan fingerprint density at radius 1 is 1.38 bits per heavy atom. The summed E-state index contributed by atoms with van der Waals surface area (Å²) in [5.41, 5.74) is -0.0965. The third-order valence-corrected chi connectivity index (χ3v) is 3.87. The van der Waals surface area contributed by atoms with Crippen molar-refractivity contribution >= 4 is 11.6 Å². The SMILES string of the molecule is CCNc1cc(NC2(C)CCOC2C)nc(COCC)n1. The number of nitrogens with zero attached hydrogens (tertiary/aromatic N) is 2. The molecule has 0 radical (unpaired) electrons. The summed E-state index contributed by atoms with van der Waals surface area (Å²) >= 11 is 0. The van der Waals surface area contributed by atoms with E-state index in [0.717, 1.165) is 31.2 Å². The summed E-state index contributed by atoms with van der Waals surface area (Å²) in [6, 6.07) is 1.94. The molecule has 2 unspecified atom stereocenters. The van der Waals surface area contributed by atoms with Gasteiger partial charge in [0.15, 0.2) is 5.82 Å². The van der Waals surface area contributed by atoms with Gasteiger partial charge in [-0.2, -0.15) is 0 Å². The molecule has 1 saturated heterocycles. The number of hydrogen-bond acceptors (Lipinski definition) is 6. The molecule has 0 spiro atoms. The molecule has 0 aliphatic carbocycles. The molecular weight excluding hydrogens is 268 g/mol. The Morgan fingerprint density at radius 3 is 2.76 bits per heavy atom. The molecule has 1 aromatic heterocycles. The quantitative estimate of drug-likeness (QED) is 0.805. The second-order valence-electron chi connectivity index (χ2n) is 5.53. The molecule has 1 aliphatic heterocycles. The van der Waals surface area contributed by atoms with Crippen LogP contribution in [-0.2, 0) is 16.1 Å². The molecule has 2 atom stereocenters. The number of aromatic nitrogens is 2. The standard InChI is InChI=1S/C15H26N4O2/c1-5-16-12-9-13(18-14(17-12)10-20-6-2)19-15(4)7-8-21-11(15)3/h9,11H,5-8,10H2,1-4H3,(H2,16,17,18,19). The minimum absolute atomic E-state index is 0.0965. The number of hydrogen-bond donors (Lipinski definition) is 2. The molecule has 2 heterocycles. The first kappa shape index (κ1) is 16.0. The molecule has 2 rings (SSSR count). The Bertz CT molecular complexity index is 469. The summed E-state index contributed by atoms with van der Waals surface area (Å²) in [6.45, 7) is 10.9. The predicted molar refractivity (Wildman–Crippen MR) is 83.6 cm³/mol. The monoisotopic (exact) mass is 294 g/mol. The highest BCUT2D eigenvalue weighted by atomic mass is 16.5. The molecule has 118 valence electrons. The van der Waals surface area contributed by atoms with Gasteiger partial charge in [-0.3, -0.25) is 0 Å². The van der Waals surface area contributed by atoms with E-state index in [1.165, 1.54) is 0 Å². The maximum absolute atomic E-state index is 5.67. The Morgan fingerprint density at radius 2 is 2.14 bits per heavy atom. The van der Waals surface area contributed by atoms with Crippen LogP contribution in [0.5, 0.6) is 0 Å². The lowest BCUT2D eigenvalue weighted by Gasteiger charge is -2.29. The second-order valence-corrected chi connectivity index (χ2v) is 5.53. The van der Waals surface area contributed by atoms with E-state index < -0.39 is 0 Å². The maximum Gasteiger partial charge on any atom is 0.158 e. The van der Waals surface area contributed by atoms with Crippen LogP contribution in [0.2, 0.25) is 0 Å². The van der Waals surface area contributed by atoms with Crippen molar-refractivity contribution in [3.63, 3.8) is 0 Å². The van der Waals surface area contributed by atoms with Gasteiger partial charge in [-0.1, -0.05) is 0 Å². The zero-order valence-electron chi connectivity index (χ0n) is 13.4. The molecule has 2 N–H and O–H groups in total. The number of ether oxygens (including phenoxy) is 2. The van der Waals surface area contributed by atoms with Crippen molar-refractivity contribution in [2.24, 2.45) is 0 Å². The largest absolute Gasteiger partial charge is 0.376 e. The zero-order valence-corrected chi connectivity index (χ0v) is 13.4. The fraction of sp³-hybridized carbons (Fsp3) is 0.733. The first-order chi connectivity index (χ1) is 10.1. The lowest BCUT2D eigenvalue weighted by molar-refractivity contribution is 0.105. The maximum atomic E-state index is 5.67. The Hall–Kier alpha value is -1.40. The Labute approximate surface area is 126 Å². The molecule has 6 nitrogen and oxygen atoms in total. The van der Waals surface area contributed by atoms with E-state index in [9.17, 15) is 0 Å². The molecule has 0 amide bonds.